The van der Waals surface area contributed by atoms with Gasteiger partial charge in [0.25, 0.3) is 11.5 Å². The predicted molar refractivity (Wildman–Crippen MR) is 70.9 cm³/mol. The van der Waals surface area contributed by atoms with Gasteiger partial charge in [-0.3, -0.25) is 18.7 Å². The lowest BCUT2D eigenvalue weighted by atomic mass is 10.1. The standard InChI is InChI=1S/C10H13FN3O9P/c11-4-1-14(9(18)5(13-4)8(12)17)10-7(16)6(15)3(23-10)2-22-24(19,20)21/h1,3,6-7,10,15-16H,2H2,(H2,12,17)(H2,19,20,21)/t3?,6-,7?,10?/m0/s1. The third-order valence-electron chi connectivity index (χ3n) is 3.15. The lowest BCUT2D eigenvalue weighted by molar-refractivity contribution is -0.0542. The number of amides is 1. The highest BCUT2D eigenvalue weighted by molar-refractivity contribution is 7.46. The van der Waals surface area contributed by atoms with Crippen molar-refractivity contribution < 1.29 is 43.0 Å². The van der Waals surface area contributed by atoms with Crippen LogP contribution >= 0.6 is 7.82 Å². The number of primary amides is 1. The number of phosphoric ester groups is 1. The fraction of sp³-hybridized carbons (Fsp3) is 0.500. The average Bonchev–Trinajstić information content (AvgIpc) is 2.74. The SMILES string of the molecule is NC(=O)c1nc(F)cn(C2OC(COP(=O)(O)O)[C@H](O)C2O)c1=O. The molecular formula is C10H13FN3O9P. The van der Waals surface area contributed by atoms with Gasteiger partial charge in [-0.2, -0.15) is 4.39 Å². The Morgan fingerprint density at radius 2 is 2.08 bits per heavy atom. The Bertz CT molecular complexity index is 750. The Balaban J connectivity index is 2.32. The van der Waals surface area contributed by atoms with Crippen molar-refractivity contribution in [2.45, 2.75) is 24.5 Å². The Hall–Kier alpha value is -1.73. The van der Waals surface area contributed by atoms with Crippen LogP contribution in [0.2, 0.25) is 0 Å². The first-order valence-corrected chi connectivity index (χ1v) is 7.84. The second kappa shape index (κ2) is 6.64. The van der Waals surface area contributed by atoms with Gasteiger partial charge in [0, 0.05) is 0 Å². The monoisotopic (exact) mass is 369 g/mol. The Kier molecular flexibility index (Phi) is 5.15. The molecule has 2 rings (SSSR count). The third-order valence-corrected chi connectivity index (χ3v) is 3.64. The maximum absolute atomic E-state index is 13.4. The highest BCUT2D eigenvalue weighted by atomic mass is 31.2. The molecular weight excluding hydrogens is 356 g/mol. The zero-order valence-corrected chi connectivity index (χ0v) is 12.6. The molecule has 1 aliphatic rings. The Labute approximate surface area is 132 Å². The predicted octanol–water partition coefficient (Wildman–Crippen LogP) is -2.79. The van der Waals surface area contributed by atoms with Crippen molar-refractivity contribution >= 4 is 13.7 Å². The molecule has 0 saturated carbocycles. The summed E-state index contributed by atoms with van der Waals surface area (Å²) in [5.41, 5.74) is 2.76. The number of nitrogens with zero attached hydrogens (tertiary/aromatic N) is 2. The molecule has 0 spiro atoms. The van der Waals surface area contributed by atoms with Crippen LogP contribution in [0.15, 0.2) is 11.0 Å². The van der Waals surface area contributed by atoms with Gasteiger partial charge >= 0.3 is 7.82 Å². The van der Waals surface area contributed by atoms with Gasteiger partial charge < -0.3 is 30.5 Å². The normalized spacial score (nSPS) is 27.4. The van der Waals surface area contributed by atoms with Crippen LogP contribution in [0.1, 0.15) is 16.7 Å². The van der Waals surface area contributed by atoms with Crippen LogP contribution in [0, 0.1) is 5.95 Å². The number of rotatable bonds is 5. The number of aliphatic hydroxyl groups is 2. The Morgan fingerprint density at radius 1 is 1.46 bits per heavy atom. The van der Waals surface area contributed by atoms with Crippen molar-refractivity contribution in [3.8, 4) is 0 Å². The van der Waals surface area contributed by atoms with Gasteiger partial charge in [-0.15, -0.1) is 0 Å². The van der Waals surface area contributed by atoms with Gasteiger partial charge in [0.1, 0.15) is 18.3 Å². The van der Waals surface area contributed by atoms with Crippen molar-refractivity contribution in [1.29, 1.82) is 0 Å². The second-order valence-corrected chi connectivity index (χ2v) is 6.06. The molecule has 1 aliphatic heterocycles. The van der Waals surface area contributed by atoms with Crippen LogP contribution in [0.25, 0.3) is 0 Å². The molecule has 1 saturated heterocycles. The van der Waals surface area contributed by atoms with Crippen LogP contribution in [-0.2, 0) is 13.8 Å². The van der Waals surface area contributed by atoms with E-state index in [-0.39, 0.29) is 0 Å². The molecule has 1 fully saturated rings. The lowest BCUT2D eigenvalue weighted by Crippen LogP contribution is -2.38. The molecule has 1 amide bonds. The van der Waals surface area contributed by atoms with Gasteiger partial charge in [0.2, 0.25) is 5.95 Å². The van der Waals surface area contributed by atoms with Gasteiger partial charge in [0.05, 0.1) is 12.8 Å². The number of ether oxygens (including phenoxy) is 1. The molecule has 1 aromatic rings. The van der Waals surface area contributed by atoms with E-state index < -0.39 is 62.1 Å². The van der Waals surface area contributed by atoms with E-state index in [9.17, 15) is 28.8 Å². The smallest absolute Gasteiger partial charge is 0.387 e. The van der Waals surface area contributed by atoms with Crippen LogP contribution in [0.4, 0.5) is 4.39 Å². The van der Waals surface area contributed by atoms with E-state index in [1.807, 2.05) is 0 Å². The van der Waals surface area contributed by atoms with Crippen LogP contribution < -0.4 is 11.3 Å². The third kappa shape index (κ3) is 3.84. The van der Waals surface area contributed by atoms with Crippen molar-refractivity contribution in [3.63, 3.8) is 0 Å². The summed E-state index contributed by atoms with van der Waals surface area (Å²) in [5, 5.41) is 19.7. The number of hydrogen-bond donors (Lipinski definition) is 5. The zero-order chi connectivity index (χ0) is 18.2. The summed E-state index contributed by atoms with van der Waals surface area (Å²) in [6.07, 6.45) is -6.06. The summed E-state index contributed by atoms with van der Waals surface area (Å²) in [6.45, 7) is -0.815. The number of carbonyl (C=O) groups is 1. The maximum Gasteiger partial charge on any atom is 0.469 e. The first kappa shape index (κ1) is 18.6. The summed E-state index contributed by atoms with van der Waals surface area (Å²) in [6, 6.07) is 0. The van der Waals surface area contributed by atoms with E-state index in [1.54, 1.807) is 0 Å². The number of halogens is 1. The fourth-order valence-corrected chi connectivity index (χ4v) is 2.44. The molecule has 1 aromatic heterocycles. The van der Waals surface area contributed by atoms with E-state index in [2.05, 4.69) is 9.51 Å². The van der Waals surface area contributed by atoms with Crippen molar-refractivity contribution in [2.24, 2.45) is 5.73 Å². The highest BCUT2D eigenvalue weighted by Crippen LogP contribution is 2.38. The van der Waals surface area contributed by atoms with Crippen LogP contribution in [0.3, 0.4) is 0 Å². The van der Waals surface area contributed by atoms with E-state index in [0.29, 0.717) is 10.8 Å². The molecule has 24 heavy (non-hydrogen) atoms. The fourth-order valence-electron chi connectivity index (χ4n) is 2.10. The topological polar surface area (TPSA) is 194 Å². The number of carbonyl (C=O) groups excluding carboxylic acids is 1. The van der Waals surface area contributed by atoms with Crippen molar-refractivity contribution in [2.75, 3.05) is 6.61 Å². The van der Waals surface area contributed by atoms with Crippen LogP contribution in [0.5, 0.6) is 0 Å². The molecule has 134 valence electrons. The Morgan fingerprint density at radius 3 is 2.62 bits per heavy atom. The van der Waals surface area contributed by atoms with Crippen molar-refractivity contribution in [1.82, 2.24) is 9.55 Å². The molecule has 0 aliphatic carbocycles. The average molecular weight is 369 g/mol. The van der Waals surface area contributed by atoms with E-state index >= 15 is 0 Å². The van der Waals surface area contributed by atoms with E-state index in [1.165, 1.54) is 0 Å². The highest BCUT2D eigenvalue weighted by Gasteiger charge is 2.45. The largest absolute Gasteiger partial charge is 0.469 e. The minimum absolute atomic E-state index is 0.452. The van der Waals surface area contributed by atoms with E-state index in [0.717, 1.165) is 0 Å². The molecule has 14 heteroatoms. The first-order valence-electron chi connectivity index (χ1n) is 6.31. The molecule has 4 atom stereocenters. The lowest BCUT2D eigenvalue weighted by Gasteiger charge is -2.18. The number of aliphatic hydroxyl groups excluding tert-OH is 2. The molecule has 12 nitrogen and oxygen atoms in total. The zero-order valence-electron chi connectivity index (χ0n) is 11.7. The first-order chi connectivity index (χ1) is 11.0. The van der Waals surface area contributed by atoms with Gasteiger partial charge in [-0.1, -0.05) is 0 Å². The summed E-state index contributed by atoms with van der Waals surface area (Å²) in [5.74, 6) is -2.59. The number of nitrogens with two attached hydrogens (primary N) is 1. The molecule has 2 heterocycles. The quantitative estimate of drug-likeness (QED) is 0.338. The van der Waals surface area contributed by atoms with Gasteiger partial charge in [0.15, 0.2) is 11.9 Å². The number of phosphoric acid groups is 1. The molecule has 3 unspecified atom stereocenters. The maximum atomic E-state index is 13.4. The molecule has 0 radical (unpaired) electrons. The van der Waals surface area contributed by atoms with Crippen LogP contribution in [-0.4, -0.2) is 60.4 Å². The summed E-state index contributed by atoms with van der Waals surface area (Å²) >= 11 is 0. The summed E-state index contributed by atoms with van der Waals surface area (Å²) in [7, 11) is -4.87. The number of hydrogen-bond acceptors (Lipinski definition) is 8. The molecule has 0 aromatic carbocycles. The summed E-state index contributed by atoms with van der Waals surface area (Å²) < 4.78 is 33.8. The van der Waals surface area contributed by atoms with Gasteiger partial charge in [-0.05, 0) is 0 Å². The molecule has 6 N–H and O–H groups in total. The van der Waals surface area contributed by atoms with Crippen molar-refractivity contribution in [3.05, 3.63) is 28.2 Å². The summed E-state index contributed by atoms with van der Waals surface area (Å²) in [4.78, 5) is 43.4. The second-order valence-electron chi connectivity index (χ2n) is 4.82. The van der Waals surface area contributed by atoms with E-state index in [4.69, 9.17) is 20.3 Å². The minimum Gasteiger partial charge on any atom is -0.387 e. The molecule has 0 bridgehead atoms. The minimum atomic E-state index is -4.87. The number of aromatic nitrogens is 2. The van der Waals surface area contributed by atoms with Gasteiger partial charge in [-0.25, -0.2) is 9.55 Å².